The number of carbonyl (C=O) groups excluding carboxylic acids is 3. The summed E-state index contributed by atoms with van der Waals surface area (Å²) in [6.07, 6.45) is 0. The molecular formula is C25H25N3O3. The maximum atomic E-state index is 13.0. The molecule has 1 saturated heterocycles. The Labute approximate surface area is 181 Å². The Morgan fingerprint density at radius 2 is 1.71 bits per heavy atom. The van der Waals surface area contributed by atoms with Gasteiger partial charge in [-0.3, -0.25) is 14.5 Å². The van der Waals surface area contributed by atoms with Crippen molar-refractivity contribution in [3.8, 4) is 0 Å². The molecule has 1 heterocycles. The van der Waals surface area contributed by atoms with Gasteiger partial charge in [-0.1, -0.05) is 66.2 Å². The van der Waals surface area contributed by atoms with Crippen LogP contribution in [0, 0.1) is 6.92 Å². The van der Waals surface area contributed by atoms with E-state index in [0.29, 0.717) is 5.56 Å². The van der Waals surface area contributed by atoms with Gasteiger partial charge in [-0.25, -0.2) is 4.79 Å². The number of aryl methyl sites for hydroxylation is 1. The highest BCUT2D eigenvalue weighted by Crippen LogP contribution is 2.29. The fourth-order valence-corrected chi connectivity index (χ4v) is 3.91. The summed E-state index contributed by atoms with van der Waals surface area (Å²) in [6.45, 7) is 5.16. The summed E-state index contributed by atoms with van der Waals surface area (Å²) in [4.78, 5) is 39.1. The van der Waals surface area contributed by atoms with Crippen LogP contribution in [0.2, 0.25) is 0 Å². The predicted molar refractivity (Wildman–Crippen MR) is 119 cm³/mol. The van der Waals surface area contributed by atoms with E-state index in [1.165, 1.54) is 0 Å². The van der Waals surface area contributed by atoms with Crippen molar-refractivity contribution in [2.75, 3.05) is 6.54 Å². The second-order valence-corrected chi connectivity index (χ2v) is 8.21. The molecule has 0 spiro atoms. The minimum atomic E-state index is -1.19. The minimum Gasteiger partial charge on any atom is -0.348 e. The highest BCUT2D eigenvalue weighted by Gasteiger charge is 2.49. The lowest BCUT2D eigenvalue weighted by Crippen LogP contribution is -2.43. The largest absolute Gasteiger partial charge is 0.348 e. The maximum Gasteiger partial charge on any atom is 0.325 e. The first-order valence-electron chi connectivity index (χ1n) is 10.3. The van der Waals surface area contributed by atoms with Gasteiger partial charge in [0.2, 0.25) is 5.91 Å². The molecule has 6 nitrogen and oxygen atoms in total. The maximum absolute atomic E-state index is 13.0. The highest BCUT2D eigenvalue weighted by atomic mass is 16.2. The third kappa shape index (κ3) is 3.89. The van der Waals surface area contributed by atoms with Crippen LogP contribution in [0.3, 0.4) is 0 Å². The molecule has 2 atom stereocenters. The van der Waals surface area contributed by atoms with E-state index in [0.717, 1.165) is 26.8 Å². The molecule has 4 amide bonds. The molecule has 0 saturated carbocycles. The molecule has 6 heteroatoms. The topological polar surface area (TPSA) is 78.5 Å². The van der Waals surface area contributed by atoms with Crippen molar-refractivity contribution in [3.05, 3.63) is 83.4 Å². The van der Waals surface area contributed by atoms with Gasteiger partial charge in [0.15, 0.2) is 0 Å². The number of nitrogens with zero attached hydrogens (tertiary/aromatic N) is 1. The highest BCUT2D eigenvalue weighted by molar-refractivity contribution is 6.09. The van der Waals surface area contributed by atoms with Gasteiger partial charge in [0, 0.05) is 0 Å². The summed E-state index contributed by atoms with van der Waals surface area (Å²) >= 11 is 0. The van der Waals surface area contributed by atoms with Crippen LogP contribution in [0.1, 0.15) is 36.6 Å². The molecule has 0 aliphatic carbocycles. The fraction of sp³-hybridized carbons (Fsp3) is 0.240. The van der Waals surface area contributed by atoms with E-state index in [1.54, 1.807) is 6.92 Å². The number of carbonyl (C=O) groups is 3. The number of amides is 4. The number of hydrogen-bond acceptors (Lipinski definition) is 3. The standard InChI is InChI=1S/C25H25N3O3/c1-16-8-12-21(13-9-16)25(3)23(30)28(24(31)27-25)15-22(29)26-17(2)19-11-10-18-6-4-5-7-20(18)14-19/h4-14,17H,15H2,1-3H3,(H,26,29)(H,27,31). The second-order valence-electron chi connectivity index (χ2n) is 8.21. The van der Waals surface area contributed by atoms with Crippen LogP contribution in [0.4, 0.5) is 4.79 Å². The Kier molecular flexibility index (Phi) is 5.23. The van der Waals surface area contributed by atoms with Crippen LogP contribution in [-0.2, 0) is 15.1 Å². The zero-order valence-corrected chi connectivity index (χ0v) is 17.8. The summed E-state index contributed by atoms with van der Waals surface area (Å²) < 4.78 is 0. The predicted octanol–water partition coefficient (Wildman–Crippen LogP) is 3.79. The Balaban J connectivity index is 1.45. The monoisotopic (exact) mass is 415 g/mol. The normalized spacial score (nSPS) is 19.4. The van der Waals surface area contributed by atoms with Gasteiger partial charge in [0.25, 0.3) is 5.91 Å². The minimum absolute atomic E-state index is 0.263. The van der Waals surface area contributed by atoms with E-state index < -0.39 is 23.4 Å². The zero-order valence-electron chi connectivity index (χ0n) is 17.8. The van der Waals surface area contributed by atoms with Crippen molar-refractivity contribution in [1.82, 2.24) is 15.5 Å². The van der Waals surface area contributed by atoms with Crippen molar-refractivity contribution in [2.45, 2.75) is 32.4 Å². The summed E-state index contributed by atoms with van der Waals surface area (Å²) in [5.74, 6) is -0.827. The molecular weight excluding hydrogens is 390 g/mol. The number of nitrogens with one attached hydrogen (secondary N) is 2. The van der Waals surface area contributed by atoms with E-state index in [1.807, 2.05) is 80.6 Å². The Morgan fingerprint density at radius 3 is 2.42 bits per heavy atom. The lowest BCUT2D eigenvalue weighted by molar-refractivity contribution is -0.135. The molecule has 0 bridgehead atoms. The molecule has 158 valence electrons. The first-order valence-corrected chi connectivity index (χ1v) is 10.3. The van der Waals surface area contributed by atoms with Gasteiger partial charge in [0.1, 0.15) is 12.1 Å². The number of rotatable bonds is 5. The van der Waals surface area contributed by atoms with Gasteiger partial charge >= 0.3 is 6.03 Å². The van der Waals surface area contributed by atoms with Gasteiger partial charge < -0.3 is 10.6 Å². The van der Waals surface area contributed by atoms with E-state index in [9.17, 15) is 14.4 Å². The molecule has 2 N–H and O–H groups in total. The molecule has 2 unspecified atom stereocenters. The van der Waals surface area contributed by atoms with Crippen LogP contribution >= 0.6 is 0 Å². The Morgan fingerprint density at radius 1 is 1.03 bits per heavy atom. The summed E-state index contributed by atoms with van der Waals surface area (Å²) in [5.41, 5.74) is 1.51. The molecule has 1 aliphatic rings. The molecule has 1 fully saturated rings. The lowest BCUT2D eigenvalue weighted by atomic mass is 9.91. The van der Waals surface area contributed by atoms with Crippen LogP contribution in [0.5, 0.6) is 0 Å². The molecule has 0 radical (unpaired) electrons. The van der Waals surface area contributed by atoms with E-state index in [4.69, 9.17) is 0 Å². The SMILES string of the molecule is Cc1ccc(C2(C)NC(=O)N(CC(=O)NC(C)c3ccc4ccccc4c3)C2=O)cc1. The van der Waals surface area contributed by atoms with Crippen molar-refractivity contribution >= 4 is 28.6 Å². The van der Waals surface area contributed by atoms with E-state index >= 15 is 0 Å². The van der Waals surface area contributed by atoms with Crippen molar-refractivity contribution < 1.29 is 14.4 Å². The van der Waals surface area contributed by atoms with E-state index in [2.05, 4.69) is 10.6 Å². The number of imide groups is 1. The summed E-state index contributed by atoms with van der Waals surface area (Å²) in [5, 5.41) is 7.84. The quantitative estimate of drug-likeness (QED) is 0.623. The van der Waals surface area contributed by atoms with Crippen LogP contribution in [0.15, 0.2) is 66.7 Å². The average molecular weight is 415 g/mol. The van der Waals surface area contributed by atoms with Gasteiger partial charge in [-0.2, -0.15) is 0 Å². The smallest absolute Gasteiger partial charge is 0.325 e. The molecule has 4 rings (SSSR count). The van der Waals surface area contributed by atoms with Crippen LogP contribution in [-0.4, -0.2) is 29.3 Å². The molecule has 0 aromatic heterocycles. The zero-order chi connectivity index (χ0) is 22.2. The average Bonchev–Trinajstić information content (AvgIpc) is 2.97. The number of urea groups is 1. The summed E-state index contributed by atoms with van der Waals surface area (Å²) in [6, 6.07) is 20.6. The van der Waals surface area contributed by atoms with Crippen LogP contribution < -0.4 is 10.6 Å². The van der Waals surface area contributed by atoms with Crippen molar-refractivity contribution in [3.63, 3.8) is 0 Å². The van der Waals surface area contributed by atoms with Gasteiger partial charge in [0.05, 0.1) is 6.04 Å². The first-order chi connectivity index (χ1) is 14.8. The molecule has 1 aliphatic heterocycles. The number of hydrogen-bond donors (Lipinski definition) is 2. The second kappa shape index (κ2) is 7.87. The number of benzene rings is 3. The molecule has 3 aromatic carbocycles. The summed E-state index contributed by atoms with van der Waals surface area (Å²) in [7, 11) is 0. The van der Waals surface area contributed by atoms with Gasteiger partial charge in [-0.05, 0) is 48.7 Å². The van der Waals surface area contributed by atoms with E-state index in [-0.39, 0.29) is 12.6 Å². The van der Waals surface area contributed by atoms with Crippen molar-refractivity contribution in [1.29, 1.82) is 0 Å². The van der Waals surface area contributed by atoms with Crippen molar-refractivity contribution in [2.24, 2.45) is 0 Å². The molecule has 3 aromatic rings. The number of fused-ring (bicyclic) bond motifs is 1. The fourth-order valence-electron chi connectivity index (χ4n) is 3.91. The molecule has 31 heavy (non-hydrogen) atoms. The third-order valence-electron chi connectivity index (χ3n) is 5.86. The Bertz CT molecular complexity index is 1170. The first kappa shape index (κ1) is 20.6. The van der Waals surface area contributed by atoms with Crippen LogP contribution in [0.25, 0.3) is 10.8 Å². The third-order valence-corrected chi connectivity index (χ3v) is 5.86. The Hall–Kier alpha value is -3.67. The lowest BCUT2D eigenvalue weighted by Gasteiger charge is -2.22. The van der Waals surface area contributed by atoms with Gasteiger partial charge in [-0.15, -0.1) is 0 Å².